The van der Waals surface area contributed by atoms with E-state index in [1.54, 1.807) is 23.2 Å². The van der Waals surface area contributed by atoms with Crippen molar-refractivity contribution in [3.8, 4) is 0 Å². The van der Waals surface area contributed by atoms with Gasteiger partial charge in [0.25, 0.3) is 0 Å². The zero-order valence-electron chi connectivity index (χ0n) is 9.54. The van der Waals surface area contributed by atoms with E-state index in [0.29, 0.717) is 11.1 Å². The molecule has 2 unspecified atom stereocenters. The molecule has 0 fully saturated rings. The first kappa shape index (κ1) is 11.3. The molecule has 6 heteroatoms. The highest BCUT2D eigenvalue weighted by Crippen LogP contribution is 2.18. The van der Waals surface area contributed by atoms with Gasteiger partial charge in [0.05, 0.1) is 12.4 Å². The molecule has 0 radical (unpaired) electrons. The van der Waals surface area contributed by atoms with Gasteiger partial charge in [0.2, 0.25) is 0 Å². The molecule has 0 saturated carbocycles. The van der Waals surface area contributed by atoms with Gasteiger partial charge >= 0.3 is 5.16 Å². The average Bonchev–Trinajstić information content (AvgIpc) is 2.70. The van der Waals surface area contributed by atoms with Crippen LogP contribution in [-0.4, -0.2) is 30.4 Å². The van der Waals surface area contributed by atoms with Crippen molar-refractivity contribution in [2.45, 2.75) is 31.3 Å². The van der Waals surface area contributed by atoms with Gasteiger partial charge in [0.1, 0.15) is 17.6 Å². The summed E-state index contributed by atoms with van der Waals surface area (Å²) in [7, 11) is 0. The minimum atomic E-state index is -1.16. The van der Waals surface area contributed by atoms with Crippen LogP contribution in [0, 0.1) is 0 Å². The summed E-state index contributed by atoms with van der Waals surface area (Å²) in [6.07, 6.45) is 5.96. The van der Waals surface area contributed by atoms with Gasteiger partial charge in [-0.05, 0) is 6.42 Å². The molecule has 2 aromatic heterocycles. The molecule has 0 amide bonds. The van der Waals surface area contributed by atoms with E-state index in [1.165, 1.54) is 0 Å². The number of hydrogen-bond donors (Lipinski definition) is 0. The molecule has 16 heavy (non-hydrogen) atoms. The minimum Gasteiger partial charge on any atom is -0.609 e. The Morgan fingerprint density at radius 2 is 2.12 bits per heavy atom. The predicted octanol–water partition coefficient (Wildman–Crippen LogP) is 1.38. The Hall–Kier alpha value is -1.14. The second-order valence-corrected chi connectivity index (χ2v) is 5.03. The number of aromatic nitrogens is 4. The summed E-state index contributed by atoms with van der Waals surface area (Å²) in [5, 5.41) is 4.59. The quantitative estimate of drug-likeness (QED) is 0.758. The molecule has 0 spiro atoms. The first-order chi connectivity index (χ1) is 7.63. The second kappa shape index (κ2) is 4.39. The van der Waals surface area contributed by atoms with Gasteiger partial charge < -0.3 is 4.55 Å². The molecule has 2 aromatic rings. The molecule has 2 heterocycles. The third-order valence-corrected chi connectivity index (χ3v) is 3.30. The second-order valence-electron chi connectivity index (χ2n) is 3.76. The van der Waals surface area contributed by atoms with E-state index in [2.05, 4.69) is 28.9 Å². The first-order valence-corrected chi connectivity index (χ1v) is 6.73. The number of rotatable bonds is 3. The Bertz CT molecular complexity index is 497. The van der Waals surface area contributed by atoms with Crippen LogP contribution < -0.4 is 0 Å². The summed E-state index contributed by atoms with van der Waals surface area (Å²) in [4.78, 5) is 8.36. The van der Waals surface area contributed by atoms with Gasteiger partial charge in [-0.1, -0.05) is 18.9 Å². The highest BCUT2D eigenvalue weighted by Gasteiger charge is 2.15. The van der Waals surface area contributed by atoms with Gasteiger partial charge in [-0.3, -0.25) is 0 Å². The Morgan fingerprint density at radius 1 is 1.44 bits per heavy atom. The van der Waals surface area contributed by atoms with Crippen molar-refractivity contribution in [2.75, 3.05) is 6.26 Å². The van der Waals surface area contributed by atoms with Gasteiger partial charge in [-0.15, -0.1) is 0 Å². The zero-order chi connectivity index (χ0) is 11.7. The maximum Gasteiger partial charge on any atom is 0.359 e. The fourth-order valence-corrected chi connectivity index (χ4v) is 1.85. The lowest BCUT2D eigenvalue weighted by molar-refractivity contribution is 0.580. The lowest BCUT2D eigenvalue weighted by Crippen LogP contribution is -2.10. The van der Waals surface area contributed by atoms with Crippen LogP contribution in [0.2, 0.25) is 0 Å². The van der Waals surface area contributed by atoms with Crippen molar-refractivity contribution in [2.24, 2.45) is 0 Å². The van der Waals surface area contributed by atoms with Crippen molar-refractivity contribution >= 4 is 16.7 Å². The van der Waals surface area contributed by atoms with Crippen LogP contribution >= 0.6 is 0 Å². The standard InChI is InChI=1S/C10H14N4OS/c1-4-7(2)9-11-5-8-6-12-10(16(3)15)13-14(8)9/h5-7H,4H2,1-3H3. The summed E-state index contributed by atoms with van der Waals surface area (Å²) in [5.41, 5.74) is 0.838. The van der Waals surface area contributed by atoms with E-state index in [1.807, 2.05) is 0 Å². The summed E-state index contributed by atoms with van der Waals surface area (Å²) in [5.74, 6) is 1.22. The Morgan fingerprint density at radius 3 is 2.75 bits per heavy atom. The Balaban J connectivity index is 2.55. The Labute approximate surface area is 97.1 Å². The average molecular weight is 238 g/mol. The lowest BCUT2D eigenvalue weighted by atomic mass is 10.1. The lowest BCUT2D eigenvalue weighted by Gasteiger charge is -2.07. The van der Waals surface area contributed by atoms with E-state index in [0.717, 1.165) is 17.8 Å². The normalized spacial score (nSPS) is 15.2. The van der Waals surface area contributed by atoms with Crippen molar-refractivity contribution in [1.29, 1.82) is 0 Å². The van der Waals surface area contributed by atoms with Crippen LogP contribution in [-0.2, 0) is 11.2 Å². The topological polar surface area (TPSA) is 66.1 Å². The molecule has 0 aliphatic carbocycles. The number of imidazole rings is 1. The molecule has 0 aliphatic rings. The summed E-state index contributed by atoms with van der Waals surface area (Å²) in [6.45, 7) is 4.20. The van der Waals surface area contributed by atoms with Crippen molar-refractivity contribution in [3.63, 3.8) is 0 Å². The van der Waals surface area contributed by atoms with Gasteiger partial charge in [-0.2, -0.15) is 4.98 Å². The van der Waals surface area contributed by atoms with Gasteiger partial charge in [0, 0.05) is 17.1 Å². The van der Waals surface area contributed by atoms with Crippen LogP contribution in [0.25, 0.3) is 5.52 Å². The number of fused-ring (bicyclic) bond motifs is 1. The molecule has 2 atom stereocenters. The van der Waals surface area contributed by atoms with Crippen molar-refractivity contribution in [1.82, 2.24) is 19.6 Å². The highest BCUT2D eigenvalue weighted by atomic mass is 32.2. The summed E-state index contributed by atoms with van der Waals surface area (Å²) in [6, 6.07) is 0. The maximum absolute atomic E-state index is 11.3. The van der Waals surface area contributed by atoms with Crippen molar-refractivity contribution in [3.05, 3.63) is 18.2 Å². The summed E-state index contributed by atoms with van der Waals surface area (Å²) < 4.78 is 13.0. The van der Waals surface area contributed by atoms with Crippen LogP contribution in [0.15, 0.2) is 17.6 Å². The molecule has 0 aromatic carbocycles. The van der Waals surface area contributed by atoms with Gasteiger partial charge in [-0.25, -0.2) is 9.50 Å². The largest absolute Gasteiger partial charge is 0.609 e. The predicted molar refractivity (Wildman–Crippen MR) is 61.8 cm³/mol. The van der Waals surface area contributed by atoms with Crippen LogP contribution in [0.4, 0.5) is 0 Å². The van der Waals surface area contributed by atoms with E-state index in [-0.39, 0.29) is 0 Å². The molecule has 2 rings (SSSR count). The third kappa shape index (κ3) is 1.90. The monoisotopic (exact) mass is 238 g/mol. The first-order valence-electron chi connectivity index (χ1n) is 5.17. The van der Waals surface area contributed by atoms with Gasteiger partial charge in [0.15, 0.2) is 0 Å². The fraction of sp³-hybridized carbons (Fsp3) is 0.500. The molecule has 86 valence electrons. The maximum atomic E-state index is 11.3. The third-order valence-electron chi connectivity index (χ3n) is 2.59. The molecule has 5 nitrogen and oxygen atoms in total. The fourth-order valence-electron chi connectivity index (χ4n) is 1.45. The number of hydrogen-bond acceptors (Lipinski definition) is 4. The molecule has 0 bridgehead atoms. The highest BCUT2D eigenvalue weighted by molar-refractivity contribution is 7.90. The van der Waals surface area contributed by atoms with E-state index < -0.39 is 11.2 Å². The zero-order valence-corrected chi connectivity index (χ0v) is 10.4. The SMILES string of the molecule is CCC(C)c1ncc2cnc([S+](C)[O-])nn12. The van der Waals surface area contributed by atoms with Crippen molar-refractivity contribution < 1.29 is 4.55 Å². The van der Waals surface area contributed by atoms with E-state index in [9.17, 15) is 4.55 Å². The van der Waals surface area contributed by atoms with Crippen LogP contribution in [0.1, 0.15) is 32.0 Å². The molecular weight excluding hydrogens is 224 g/mol. The smallest absolute Gasteiger partial charge is 0.359 e. The molecular formula is C10H14N4OS. The van der Waals surface area contributed by atoms with Crippen LogP contribution in [0.3, 0.4) is 0 Å². The molecule has 0 aliphatic heterocycles. The van der Waals surface area contributed by atoms with Crippen LogP contribution in [0.5, 0.6) is 0 Å². The molecule has 0 saturated heterocycles. The minimum absolute atomic E-state index is 0.329. The number of nitrogens with zero attached hydrogens (tertiary/aromatic N) is 4. The van der Waals surface area contributed by atoms with E-state index >= 15 is 0 Å². The van der Waals surface area contributed by atoms with E-state index in [4.69, 9.17) is 0 Å². The Kier molecular flexibility index (Phi) is 3.11. The molecule has 0 N–H and O–H groups in total. The summed E-state index contributed by atoms with van der Waals surface area (Å²) >= 11 is -1.16.